The summed E-state index contributed by atoms with van der Waals surface area (Å²) >= 11 is 0. The zero-order chi connectivity index (χ0) is 11.3. The van der Waals surface area contributed by atoms with Crippen molar-refractivity contribution in [3.8, 4) is 0 Å². The summed E-state index contributed by atoms with van der Waals surface area (Å²) in [5.41, 5.74) is 5.11. The van der Waals surface area contributed by atoms with Crippen molar-refractivity contribution in [2.75, 3.05) is 11.9 Å². The van der Waals surface area contributed by atoms with Gasteiger partial charge in [0.15, 0.2) is 0 Å². The van der Waals surface area contributed by atoms with Gasteiger partial charge in [0.1, 0.15) is 0 Å². The van der Waals surface area contributed by atoms with E-state index in [0.717, 1.165) is 4.90 Å². The largest absolute Gasteiger partial charge is 0.333 e. The molecule has 1 aromatic rings. The standard InChI is InChI=1S/C10H7NO2.CH5N/c12-9-6-7-10(13)11(9)8-4-2-1-3-5-8;1-2/h1-7H;2H2,1H3. The predicted octanol–water partition coefficient (Wildman–Crippen LogP) is 0.691. The van der Waals surface area contributed by atoms with Crippen LogP contribution in [0.2, 0.25) is 0 Å². The van der Waals surface area contributed by atoms with Gasteiger partial charge in [-0.3, -0.25) is 9.59 Å². The Morgan fingerprint density at radius 2 is 1.40 bits per heavy atom. The Bertz CT molecular complexity index is 367. The van der Waals surface area contributed by atoms with Gasteiger partial charge in [0.05, 0.1) is 5.69 Å². The van der Waals surface area contributed by atoms with Gasteiger partial charge < -0.3 is 5.73 Å². The van der Waals surface area contributed by atoms with E-state index in [-0.39, 0.29) is 11.8 Å². The summed E-state index contributed by atoms with van der Waals surface area (Å²) in [5.74, 6) is -0.563. The average Bonchev–Trinajstić information content (AvgIpc) is 2.63. The number of carbonyl (C=O) groups is 2. The molecule has 4 heteroatoms. The fourth-order valence-corrected chi connectivity index (χ4v) is 1.23. The molecule has 15 heavy (non-hydrogen) atoms. The SMILES string of the molecule is CN.O=C1C=CC(=O)N1c1ccccc1. The van der Waals surface area contributed by atoms with E-state index in [1.54, 1.807) is 24.3 Å². The monoisotopic (exact) mass is 204 g/mol. The number of imide groups is 1. The van der Waals surface area contributed by atoms with Crippen LogP contribution in [0, 0.1) is 0 Å². The number of anilines is 1. The summed E-state index contributed by atoms with van der Waals surface area (Å²) in [7, 11) is 1.50. The van der Waals surface area contributed by atoms with E-state index >= 15 is 0 Å². The second kappa shape index (κ2) is 5.07. The van der Waals surface area contributed by atoms with Crippen LogP contribution in [0.4, 0.5) is 5.69 Å². The van der Waals surface area contributed by atoms with Gasteiger partial charge in [-0.1, -0.05) is 18.2 Å². The first-order chi connectivity index (χ1) is 7.29. The van der Waals surface area contributed by atoms with E-state index in [0.29, 0.717) is 5.69 Å². The molecule has 0 bridgehead atoms. The second-order valence-corrected chi connectivity index (χ2v) is 2.68. The first-order valence-electron chi connectivity index (χ1n) is 4.48. The van der Waals surface area contributed by atoms with Gasteiger partial charge in [-0.2, -0.15) is 0 Å². The average molecular weight is 204 g/mol. The smallest absolute Gasteiger partial charge is 0.258 e. The highest BCUT2D eigenvalue weighted by atomic mass is 16.2. The van der Waals surface area contributed by atoms with Crippen molar-refractivity contribution in [2.45, 2.75) is 0 Å². The molecule has 0 aromatic heterocycles. The Labute approximate surface area is 88.0 Å². The molecule has 0 saturated heterocycles. The van der Waals surface area contributed by atoms with Gasteiger partial charge in [0.2, 0.25) is 0 Å². The quantitative estimate of drug-likeness (QED) is 0.684. The Balaban J connectivity index is 0.000000531. The normalized spacial score (nSPS) is 13.9. The van der Waals surface area contributed by atoms with Gasteiger partial charge in [0, 0.05) is 12.2 Å². The second-order valence-electron chi connectivity index (χ2n) is 2.68. The maximum absolute atomic E-state index is 11.2. The van der Waals surface area contributed by atoms with Crippen molar-refractivity contribution in [3.63, 3.8) is 0 Å². The number of carbonyl (C=O) groups excluding carboxylic acids is 2. The number of rotatable bonds is 1. The number of para-hydroxylation sites is 1. The molecular weight excluding hydrogens is 192 g/mol. The van der Waals surface area contributed by atoms with Crippen molar-refractivity contribution in [1.29, 1.82) is 0 Å². The summed E-state index contributed by atoms with van der Waals surface area (Å²) < 4.78 is 0. The molecule has 2 N–H and O–H groups in total. The first-order valence-corrected chi connectivity index (χ1v) is 4.48. The Morgan fingerprint density at radius 3 is 1.87 bits per heavy atom. The lowest BCUT2D eigenvalue weighted by Gasteiger charge is -2.12. The lowest BCUT2D eigenvalue weighted by atomic mass is 10.3. The van der Waals surface area contributed by atoms with Crippen LogP contribution in [0.3, 0.4) is 0 Å². The molecule has 78 valence electrons. The molecule has 2 rings (SSSR count). The molecule has 0 radical (unpaired) electrons. The van der Waals surface area contributed by atoms with Crippen molar-refractivity contribution in [3.05, 3.63) is 42.5 Å². The van der Waals surface area contributed by atoms with Crippen LogP contribution in [0.15, 0.2) is 42.5 Å². The molecule has 0 fully saturated rings. The minimum Gasteiger partial charge on any atom is -0.333 e. The fraction of sp³-hybridized carbons (Fsp3) is 0.0909. The molecule has 1 heterocycles. The molecule has 4 nitrogen and oxygen atoms in total. The van der Waals surface area contributed by atoms with E-state index in [1.807, 2.05) is 6.07 Å². The summed E-state index contributed by atoms with van der Waals surface area (Å²) in [6.45, 7) is 0. The summed E-state index contributed by atoms with van der Waals surface area (Å²) in [6, 6.07) is 8.86. The van der Waals surface area contributed by atoms with E-state index in [1.165, 1.54) is 19.2 Å². The van der Waals surface area contributed by atoms with Crippen molar-refractivity contribution in [2.24, 2.45) is 5.73 Å². The van der Waals surface area contributed by atoms with Crippen LogP contribution in [-0.4, -0.2) is 18.9 Å². The molecule has 0 saturated carbocycles. The van der Waals surface area contributed by atoms with Crippen LogP contribution in [-0.2, 0) is 9.59 Å². The van der Waals surface area contributed by atoms with Crippen molar-refractivity contribution in [1.82, 2.24) is 0 Å². The van der Waals surface area contributed by atoms with Gasteiger partial charge in [0.25, 0.3) is 11.8 Å². The Kier molecular flexibility index (Phi) is 3.76. The fourth-order valence-electron chi connectivity index (χ4n) is 1.23. The van der Waals surface area contributed by atoms with E-state index in [9.17, 15) is 9.59 Å². The van der Waals surface area contributed by atoms with Crippen LogP contribution >= 0.6 is 0 Å². The van der Waals surface area contributed by atoms with Crippen molar-refractivity contribution < 1.29 is 9.59 Å². The molecule has 0 unspecified atom stereocenters. The minimum absolute atomic E-state index is 0.281. The van der Waals surface area contributed by atoms with E-state index in [4.69, 9.17) is 0 Å². The summed E-state index contributed by atoms with van der Waals surface area (Å²) in [4.78, 5) is 23.5. The maximum atomic E-state index is 11.2. The van der Waals surface area contributed by atoms with E-state index < -0.39 is 0 Å². The number of amides is 2. The predicted molar refractivity (Wildman–Crippen MR) is 58.2 cm³/mol. The molecule has 1 aliphatic rings. The third-order valence-electron chi connectivity index (χ3n) is 1.82. The topological polar surface area (TPSA) is 63.4 Å². The number of hydrogen-bond acceptors (Lipinski definition) is 3. The number of nitrogens with zero attached hydrogens (tertiary/aromatic N) is 1. The molecular formula is C11H12N2O2. The maximum Gasteiger partial charge on any atom is 0.258 e. The molecule has 0 spiro atoms. The molecule has 0 aliphatic carbocycles. The molecule has 1 aliphatic heterocycles. The van der Waals surface area contributed by atoms with Gasteiger partial charge >= 0.3 is 0 Å². The minimum atomic E-state index is -0.281. The molecule has 0 atom stereocenters. The highest BCUT2D eigenvalue weighted by Crippen LogP contribution is 2.17. The Morgan fingerprint density at radius 1 is 0.933 bits per heavy atom. The summed E-state index contributed by atoms with van der Waals surface area (Å²) in [5, 5.41) is 0. The van der Waals surface area contributed by atoms with Crippen molar-refractivity contribution >= 4 is 17.5 Å². The van der Waals surface area contributed by atoms with Gasteiger partial charge in [-0.15, -0.1) is 0 Å². The highest BCUT2D eigenvalue weighted by Gasteiger charge is 2.24. The zero-order valence-corrected chi connectivity index (χ0v) is 8.38. The van der Waals surface area contributed by atoms with Crippen LogP contribution in [0.1, 0.15) is 0 Å². The summed E-state index contributed by atoms with van der Waals surface area (Å²) in [6.07, 6.45) is 2.55. The van der Waals surface area contributed by atoms with Crippen LogP contribution < -0.4 is 10.6 Å². The zero-order valence-electron chi connectivity index (χ0n) is 8.38. The number of benzene rings is 1. The molecule has 1 aromatic carbocycles. The first kappa shape index (κ1) is 11.1. The highest BCUT2D eigenvalue weighted by molar-refractivity contribution is 6.28. The van der Waals surface area contributed by atoms with Crippen LogP contribution in [0.5, 0.6) is 0 Å². The van der Waals surface area contributed by atoms with Gasteiger partial charge in [-0.25, -0.2) is 4.90 Å². The lowest BCUT2D eigenvalue weighted by Crippen LogP contribution is -2.29. The van der Waals surface area contributed by atoms with E-state index in [2.05, 4.69) is 5.73 Å². The van der Waals surface area contributed by atoms with Crippen LogP contribution in [0.25, 0.3) is 0 Å². The third kappa shape index (κ3) is 2.30. The lowest BCUT2D eigenvalue weighted by molar-refractivity contribution is -0.119. The number of hydrogen-bond donors (Lipinski definition) is 1. The third-order valence-corrected chi connectivity index (χ3v) is 1.82. The number of nitrogens with two attached hydrogens (primary N) is 1. The molecule has 2 amide bonds. The Hall–Kier alpha value is -1.94. The van der Waals surface area contributed by atoms with Gasteiger partial charge in [-0.05, 0) is 19.2 Å².